The van der Waals surface area contributed by atoms with E-state index >= 15 is 0 Å². The number of nitrogens with zero attached hydrogens (tertiary/aromatic N) is 1. The van der Waals surface area contributed by atoms with Crippen LogP contribution in [0.3, 0.4) is 0 Å². The normalized spacial score (nSPS) is 17.9. The molecule has 1 amide bonds. The van der Waals surface area contributed by atoms with Gasteiger partial charge in [-0.3, -0.25) is 4.79 Å². The first kappa shape index (κ1) is 15.0. The molecule has 1 aliphatic rings. The van der Waals surface area contributed by atoms with E-state index in [4.69, 9.17) is 9.26 Å². The van der Waals surface area contributed by atoms with Gasteiger partial charge in [0.05, 0.1) is 12.2 Å². The van der Waals surface area contributed by atoms with E-state index in [0.29, 0.717) is 6.54 Å². The number of carbonyl (C=O) groups excluding carboxylic acids is 1. The van der Waals surface area contributed by atoms with Crippen LogP contribution < -0.4 is 10.6 Å². The minimum atomic E-state index is 0.0236. The highest BCUT2D eigenvalue weighted by Crippen LogP contribution is 2.20. The Morgan fingerprint density at radius 1 is 1.40 bits per heavy atom. The lowest BCUT2D eigenvalue weighted by molar-refractivity contribution is -0.121. The van der Waals surface area contributed by atoms with Crippen molar-refractivity contribution in [2.24, 2.45) is 0 Å². The van der Waals surface area contributed by atoms with Crippen molar-refractivity contribution in [3.8, 4) is 0 Å². The van der Waals surface area contributed by atoms with Crippen molar-refractivity contribution in [1.82, 2.24) is 15.8 Å². The van der Waals surface area contributed by atoms with Gasteiger partial charge in [0.15, 0.2) is 0 Å². The van der Waals surface area contributed by atoms with Crippen molar-refractivity contribution in [1.29, 1.82) is 0 Å². The minimum Gasteiger partial charge on any atom is -0.381 e. The molecular weight excluding hydrogens is 258 g/mol. The lowest BCUT2D eigenvalue weighted by Gasteiger charge is -2.23. The molecule has 0 aliphatic carbocycles. The highest BCUT2D eigenvalue weighted by atomic mass is 16.5. The number of carbonyl (C=O) groups is 1. The molecule has 2 rings (SSSR count). The standard InChI is InChI=1S/C14H23N3O3/c1-9(14-10(2)17-20-11(14)3)15-8-13(18)16-12-4-6-19-7-5-12/h9,12,15H,4-8H2,1-3H3,(H,16,18). The van der Waals surface area contributed by atoms with E-state index in [2.05, 4.69) is 15.8 Å². The van der Waals surface area contributed by atoms with Crippen LogP contribution in [0, 0.1) is 13.8 Å². The summed E-state index contributed by atoms with van der Waals surface area (Å²) >= 11 is 0. The number of hydrogen-bond donors (Lipinski definition) is 2. The molecule has 1 atom stereocenters. The number of rotatable bonds is 5. The highest BCUT2D eigenvalue weighted by molar-refractivity contribution is 5.78. The quantitative estimate of drug-likeness (QED) is 0.849. The van der Waals surface area contributed by atoms with Gasteiger partial charge in [0.2, 0.25) is 5.91 Å². The zero-order chi connectivity index (χ0) is 14.5. The predicted molar refractivity (Wildman–Crippen MR) is 74.4 cm³/mol. The van der Waals surface area contributed by atoms with Crippen molar-refractivity contribution in [2.75, 3.05) is 19.8 Å². The maximum atomic E-state index is 11.9. The molecule has 1 aromatic heterocycles. The molecule has 0 radical (unpaired) electrons. The van der Waals surface area contributed by atoms with E-state index in [9.17, 15) is 4.79 Å². The van der Waals surface area contributed by atoms with Crippen molar-refractivity contribution < 1.29 is 14.1 Å². The second kappa shape index (κ2) is 6.85. The average Bonchev–Trinajstić information content (AvgIpc) is 2.77. The number of ether oxygens (including phenoxy) is 1. The molecule has 2 N–H and O–H groups in total. The van der Waals surface area contributed by atoms with E-state index in [1.165, 1.54) is 0 Å². The molecule has 112 valence electrons. The first-order valence-corrected chi connectivity index (χ1v) is 7.11. The van der Waals surface area contributed by atoms with Gasteiger partial charge in [0.1, 0.15) is 5.76 Å². The van der Waals surface area contributed by atoms with Crippen LogP contribution in [0.5, 0.6) is 0 Å². The molecule has 0 saturated carbocycles. The van der Waals surface area contributed by atoms with Crippen molar-refractivity contribution in [3.63, 3.8) is 0 Å². The van der Waals surface area contributed by atoms with Crippen molar-refractivity contribution in [3.05, 3.63) is 17.0 Å². The first-order valence-electron chi connectivity index (χ1n) is 7.11. The molecule has 0 bridgehead atoms. The molecule has 1 aromatic rings. The molecule has 6 nitrogen and oxygen atoms in total. The summed E-state index contributed by atoms with van der Waals surface area (Å²) < 4.78 is 10.4. The molecule has 0 aromatic carbocycles. The molecule has 0 spiro atoms. The Morgan fingerprint density at radius 3 is 2.70 bits per heavy atom. The molecule has 6 heteroatoms. The van der Waals surface area contributed by atoms with Crippen molar-refractivity contribution in [2.45, 2.75) is 45.7 Å². The Kier molecular flexibility index (Phi) is 5.14. The third-order valence-corrected chi connectivity index (χ3v) is 3.68. The molecule has 1 fully saturated rings. The zero-order valence-electron chi connectivity index (χ0n) is 12.4. The van der Waals surface area contributed by atoms with E-state index < -0.39 is 0 Å². The smallest absolute Gasteiger partial charge is 0.234 e. The van der Waals surface area contributed by atoms with Gasteiger partial charge in [0.25, 0.3) is 0 Å². The van der Waals surface area contributed by atoms with Crippen molar-refractivity contribution >= 4 is 5.91 Å². The lowest BCUT2D eigenvalue weighted by Crippen LogP contribution is -2.43. The highest BCUT2D eigenvalue weighted by Gasteiger charge is 2.19. The predicted octanol–water partition coefficient (Wildman–Crippen LogP) is 1.24. The fraction of sp³-hybridized carbons (Fsp3) is 0.714. The van der Waals surface area contributed by atoms with Gasteiger partial charge in [-0.15, -0.1) is 0 Å². The van der Waals surface area contributed by atoms with Gasteiger partial charge in [-0.25, -0.2) is 0 Å². The lowest BCUT2D eigenvalue weighted by atomic mass is 10.1. The number of hydrogen-bond acceptors (Lipinski definition) is 5. The van der Waals surface area contributed by atoms with Crippen LogP contribution in [0.4, 0.5) is 0 Å². The van der Waals surface area contributed by atoms with E-state index in [0.717, 1.165) is 43.1 Å². The molecule has 20 heavy (non-hydrogen) atoms. The van der Waals surface area contributed by atoms with Crippen LogP contribution in [0.25, 0.3) is 0 Å². The van der Waals surface area contributed by atoms with Crippen LogP contribution in [0.15, 0.2) is 4.52 Å². The second-order valence-electron chi connectivity index (χ2n) is 5.29. The molecule has 1 saturated heterocycles. The molecule has 1 aliphatic heterocycles. The fourth-order valence-corrected chi connectivity index (χ4v) is 2.58. The summed E-state index contributed by atoms with van der Waals surface area (Å²) in [5.41, 5.74) is 1.90. The Labute approximate surface area is 119 Å². The summed E-state index contributed by atoms with van der Waals surface area (Å²) in [6, 6.07) is 0.286. The number of aromatic nitrogens is 1. The molecular formula is C14H23N3O3. The molecule has 1 unspecified atom stereocenters. The molecule has 2 heterocycles. The summed E-state index contributed by atoms with van der Waals surface area (Å²) in [4.78, 5) is 11.9. The van der Waals surface area contributed by atoms with Gasteiger partial charge in [-0.2, -0.15) is 0 Å². The number of nitrogens with one attached hydrogen (secondary N) is 2. The third-order valence-electron chi connectivity index (χ3n) is 3.68. The Morgan fingerprint density at radius 2 is 2.10 bits per heavy atom. The summed E-state index contributed by atoms with van der Waals surface area (Å²) in [6.07, 6.45) is 1.79. The first-order chi connectivity index (χ1) is 9.58. The van der Waals surface area contributed by atoms with Gasteiger partial charge in [-0.05, 0) is 33.6 Å². The van der Waals surface area contributed by atoms with Crippen LogP contribution >= 0.6 is 0 Å². The van der Waals surface area contributed by atoms with E-state index in [1.807, 2.05) is 20.8 Å². The minimum absolute atomic E-state index is 0.0236. The summed E-state index contributed by atoms with van der Waals surface area (Å²) in [7, 11) is 0. The van der Waals surface area contributed by atoms with Crippen LogP contribution in [0.1, 0.15) is 42.8 Å². The maximum absolute atomic E-state index is 11.9. The topological polar surface area (TPSA) is 76.4 Å². The van der Waals surface area contributed by atoms with E-state index in [-0.39, 0.29) is 18.0 Å². The Hall–Kier alpha value is -1.40. The maximum Gasteiger partial charge on any atom is 0.234 e. The monoisotopic (exact) mass is 281 g/mol. The van der Waals surface area contributed by atoms with Crippen LogP contribution in [-0.2, 0) is 9.53 Å². The fourth-order valence-electron chi connectivity index (χ4n) is 2.58. The van der Waals surface area contributed by atoms with Crippen LogP contribution in [0.2, 0.25) is 0 Å². The summed E-state index contributed by atoms with van der Waals surface area (Å²) in [5.74, 6) is 0.822. The Balaban J connectivity index is 1.78. The largest absolute Gasteiger partial charge is 0.381 e. The number of amides is 1. The van der Waals surface area contributed by atoms with Gasteiger partial charge < -0.3 is 19.9 Å². The third kappa shape index (κ3) is 3.80. The van der Waals surface area contributed by atoms with Crippen LogP contribution in [-0.4, -0.2) is 36.9 Å². The van der Waals surface area contributed by atoms with Gasteiger partial charge in [0, 0.05) is 30.9 Å². The van der Waals surface area contributed by atoms with Gasteiger partial charge in [-0.1, -0.05) is 5.16 Å². The van der Waals surface area contributed by atoms with Gasteiger partial charge >= 0.3 is 0 Å². The number of aryl methyl sites for hydroxylation is 2. The zero-order valence-corrected chi connectivity index (χ0v) is 12.4. The Bertz CT molecular complexity index is 433. The van der Waals surface area contributed by atoms with E-state index in [1.54, 1.807) is 0 Å². The SMILES string of the molecule is Cc1noc(C)c1C(C)NCC(=O)NC1CCOCC1. The summed E-state index contributed by atoms with van der Waals surface area (Å²) in [6.45, 7) is 7.56. The second-order valence-corrected chi connectivity index (χ2v) is 5.29. The average molecular weight is 281 g/mol. The summed E-state index contributed by atoms with van der Waals surface area (Å²) in [5, 5.41) is 10.2.